The van der Waals surface area contributed by atoms with E-state index in [0.29, 0.717) is 19.3 Å². The number of allylic oxidation sites excluding steroid dienone is 2. The molecule has 96 valence electrons. The molecule has 0 saturated carbocycles. The molecule has 0 fully saturated rings. The molecule has 5 heteroatoms. The van der Waals surface area contributed by atoms with E-state index in [-0.39, 0.29) is 16.4 Å². The Hall–Kier alpha value is -1.62. The molecule has 0 amide bonds. The summed E-state index contributed by atoms with van der Waals surface area (Å²) in [5.41, 5.74) is 0.973. The maximum absolute atomic E-state index is 11.9. The van der Waals surface area contributed by atoms with Gasteiger partial charge in [-0.1, -0.05) is 17.7 Å². The van der Waals surface area contributed by atoms with Crippen LogP contribution in [0, 0.1) is 6.92 Å². The molecule has 0 saturated heterocycles. The number of carbonyl (C=O) groups is 1. The van der Waals surface area contributed by atoms with E-state index in [1.54, 1.807) is 12.1 Å². The van der Waals surface area contributed by atoms with Gasteiger partial charge in [-0.15, -0.1) is 0 Å². The van der Waals surface area contributed by atoms with Crippen molar-refractivity contribution in [3.05, 3.63) is 41.7 Å². The standard InChI is InChI=1S/C13H14O4S/c1-10-5-7-13(8-6-10)18(15,16)17-12-4-2-3-11(14)9-12/h5-9H,2-4H2,1H3. The first-order valence-corrected chi connectivity index (χ1v) is 7.13. The van der Waals surface area contributed by atoms with Crippen molar-refractivity contribution in [2.45, 2.75) is 31.1 Å². The second-order valence-electron chi connectivity index (χ2n) is 4.28. The van der Waals surface area contributed by atoms with Crippen molar-refractivity contribution in [1.82, 2.24) is 0 Å². The second kappa shape index (κ2) is 4.94. The third kappa shape index (κ3) is 2.98. The zero-order valence-corrected chi connectivity index (χ0v) is 10.9. The van der Waals surface area contributed by atoms with E-state index < -0.39 is 10.1 Å². The Balaban J connectivity index is 2.22. The van der Waals surface area contributed by atoms with E-state index in [9.17, 15) is 13.2 Å². The highest BCUT2D eigenvalue weighted by Crippen LogP contribution is 2.22. The minimum atomic E-state index is -3.82. The van der Waals surface area contributed by atoms with Gasteiger partial charge in [0.1, 0.15) is 10.7 Å². The molecule has 0 aliphatic heterocycles. The van der Waals surface area contributed by atoms with Gasteiger partial charge in [-0.25, -0.2) is 0 Å². The minimum absolute atomic E-state index is 0.0876. The first-order chi connectivity index (χ1) is 8.47. The maximum Gasteiger partial charge on any atom is 0.338 e. The summed E-state index contributed by atoms with van der Waals surface area (Å²) in [6.45, 7) is 1.87. The lowest BCUT2D eigenvalue weighted by Gasteiger charge is -2.13. The van der Waals surface area contributed by atoms with Gasteiger partial charge in [0.05, 0.1) is 0 Å². The molecule has 0 bridgehead atoms. The zero-order chi connectivity index (χ0) is 13.2. The van der Waals surface area contributed by atoms with Crippen LogP contribution in [0.15, 0.2) is 41.0 Å². The molecule has 2 rings (SSSR count). The van der Waals surface area contributed by atoms with Crippen LogP contribution in [0.2, 0.25) is 0 Å². The molecule has 0 atom stereocenters. The quantitative estimate of drug-likeness (QED) is 0.788. The Morgan fingerprint density at radius 2 is 1.78 bits per heavy atom. The summed E-state index contributed by atoms with van der Waals surface area (Å²) in [5, 5.41) is 0. The lowest BCUT2D eigenvalue weighted by atomic mass is 10.1. The molecule has 0 aromatic heterocycles. The predicted octanol–water partition coefficient (Wildman–Crippen LogP) is 2.34. The van der Waals surface area contributed by atoms with E-state index in [1.807, 2.05) is 6.92 Å². The zero-order valence-electron chi connectivity index (χ0n) is 10.0. The SMILES string of the molecule is Cc1ccc(S(=O)(=O)OC2=CC(=O)CCC2)cc1. The van der Waals surface area contributed by atoms with Gasteiger partial charge in [-0.2, -0.15) is 8.42 Å². The van der Waals surface area contributed by atoms with E-state index in [0.717, 1.165) is 5.56 Å². The van der Waals surface area contributed by atoms with Gasteiger partial charge in [0, 0.05) is 18.9 Å². The monoisotopic (exact) mass is 266 g/mol. The number of rotatable bonds is 3. The van der Waals surface area contributed by atoms with E-state index >= 15 is 0 Å². The molecule has 1 aromatic carbocycles. The average molecular weight is 266 g/mol. The van der Waals surface area contributed by atoms with Crippen LogP contribution in [-0.2, 0) is 19.1 Å². The third-order valence-electron chi connectivity index (χ3n) is 2.69. The Morgan fingerprint density at radius 1 is 1.11 bits per heavy atom. The summed E-state index contributed by atoms with van der Waals surface area (Å²) >= 11 is 0. The highest BCUT2D eigenvalue weighted by Gasteiger charge is 2.20. The number of hydrogen-bond acceptors (Lipinski definition) is 4. The fourth-order valence-electron chi connectivity index (χ4n) is 1.72. The van der Waals surface area contributed by atoms with Crippen molar-refractivity contribution >= 4 is 15.9 Å². The first-order valence-electron chi connectivity index (χ1n) is 5.72. The topological polar surface area (TPSA) is 60.4 Å². The largest absolute Gasteiger partial charge is 0.383 e. The number of aryl methyl sites for hydroxylation is 1. The molecule has 1 aromatic rings. The average Bonchev–Trinajstić information content (AvgIpc) is 2.29. The predicted molar refractivity (Wildman–Crippen MR) is 66.4 cm³/mol. The molecule has 18 heavy (non-hydrogen) atoms. The summed E-state index contributed by atoms with van der Waals surface area (Å²) in [6.07, 6.45) is 2.84. The molecular weight excluding hydrogens is 252 g/mol. The van der Waals surface area contributed by atoms with Crippen LogP contribution >= 0.6 is 0 Å². The van der Waals surface area contributed by atoms with E-state index in [2.05, 4.69) is 0 Å². The van der Waals surface area contributed by atoms with Crippen LogP contribution in [0.1, 0.15) is 24.8 Å². The van der Waals surface area contributed by atoms with Crippen molar-refractivity contribution in [2.24, 2.45) is 0 Å². The smallest absolute Gasteiger partial charge is 0.338 e. The summed E-state index contributed by atoms with van der Waals surface area (Å²) in [7, 11) is -3.82. The van der Waals surface area contributed by atoms with Crippen molar-refractivity contribution in [1.29, 1.82) is 0 Å². The molecule has 0 N–H and O–H groups in total. The fraction of sp³-hybridized carbons (Fsp3) is 0.308. The van der Waals surface area contributed by atoms with Gasteiger partial charge in [0.15, 0.2) is 5.78 Å². The number of carbonyl (C=O) groups excluding carboxylic acids is 1. The van der Waals surface area contributed by atoms with Crippen molar-refractivity contribution < 1.29 is 17.4 Å². The Kier molecular flexibility index (Phi) is 3.52. The molecular formula is C13H14O4S. The molecule has 0 heterocycles. The molecule has 1 aliphatic carbocycles. The summed E-state index contributed by atoms with van der Waals surface area (Å²) in [5.74, 6) is 0.141. The molecule has 4 nitrogen and oxygen atoms in total. The lowest BCUT2D eigenvalue weighted by Crippen LogP contribution is -2.11. The highest BCUT2D eigenvalue weighted by molar-refractivity contribution is 7.86. The van der Waals surface area contributed by atoms with Gasteiger partial charge in [-0.05, 0) is 25.5 Å². The van der Waals surface area contributed by atoms with E-state index in [1.165, 1.54) is 18.2 Å². The maximum atomic E-state index is 11.9. The Labute approximate surface area is 106 Å². The van der Waals surface area contributed by atoms with Crippen molar-refractivity contribution in [2.75, 3.05) is 0 Å². The van der Waals surface area contributed by atoms with Crippen LogP contribution in [0.25, 0.3) is 0 Å². The molecule has 0 unspecified atom stereocenters. The Bertz CT molecular complexity index is 582. The van der Waals surface area contributed by atoms with Gasteiger partial charge >= 0.3 is 10.1 Å². The Morgan fingerprint density at radius 3 is 2.39 bits per heavy atom. The van der Waals surface area contributed by atoms with Gasteiger partial charge in [0.25, 0.3) is 0 Å². The minimum Gasteiger partial charge on any atom is -0.383 e. The van der Waals surface area contributed by atoms with Crippen LogP contribution in [-0.4, -0.2) is 14.2 Å². The molecule has 1 aliphatic rings. The van der Waals surface area contributed by atoms with Gasteiger partial charge in [-0.3, -0.25) is 4.79 Å². The summed E-state index contributed by atoms with van der Waals surface area (Å²) in [4.78, 5) is 11.3. The molecule has 0 radical (unpaired) electrons. The fourth-order valence-corrected chi connectivity index (χ4v) is 2.70. The second-order valence-corrected chi connectivity index (χ2v) is 5.83. The summed E-state index contributed by atoms with van der Waals surface area (Å²) < 4.78 is 28.9. The summed E-state index contributed by atoms with van der Waals surface area (Å²) in [6, 6.07) is 6.40. The normalized spacial score (nSPS) is 16.3. The molecule has 0 spiro atoms. The number of ketones is 1. The lowest BCUT2D eigenvalue weighted by molar-refractivity contribution is -0.115. The van der Waals surface area contributed by atoms with E-state index in [4.69, 9.17) is 4.18 Å². The first kappa shape index (κ1) is 12.8. The van der Waals surface area contributed by atoms with Crippen LogP contribution in [0.4, 0.5) is 0 Å². The van der Waals surface area contributed by atoms with Crippen LogP contribution in [0.5, 0.6) is 0 Å². The van der Waals surface area contributed by atoms with Crippen LogP contribution < -0.4 is 0 Å². The highest BCUT2D eigenvalue weighted by atomic mass is 32.2. The number of hydrogen-bond donors (Lipinski definition) is 0. The van der Waals surface area contributed by atoms with Crippen molar-refractivity contribution in [3.8, 4) is 0 Å². The van der Waals surface area contributed by atoms with Gasteiger partial charge in [0.2, 0.25) is 0 Å². The van der Waals surface area contributed by atoms with Gasteiger partial charge < -0.3 is 4.18 Å². The number of benzene rings is 1. The third-order valence-corrected chi connectivity index (χ3v) is 3.98. The van der Waals surface area contributed by atoms with Crippen LogP contribution in [0.3, 0.4) is 0 Å². The van der Waals surface area contributed by atoms with Crippen molar-refractivity contribution in [3.63, 3.8) is 0 Å².